The van der Waals surface area contributed by atoms with Gasteiger partial charge in [0.15, 0.2) is 5.65 Å². The molecule has 7 nitrogen and oxygen atoms in total. The number of benzene rings is 1. The van der Waals surface area contributed by atoms with Crippen LogP contribution in [-0.2, 0) is 11.3 Å². The Hall–Kier alpha value is -1.89. The summed E-state index contributed by atoms with van der Waals surface area (Å²) in [5, 5.41) is 0.730. The topological polar surface area (TPSA) is 88.1 Å². The summed E-state index contributed by atoms with van der Waals surface area (Å²) in [5.74, 6) is 1.07. The standard InChI is InChI=1S/C18H24N5O2PS/c1-11(2)25-13-4-6-14(7-5-13)27-17-15-16(21-18(19)22-17)23(9-20-15)8-12(3)24-10-26/h4-7,9,11-12H,8,10,26H2,1-3H3,(H2,19,21,22). The number of ether oxygens (including phenoxy) is 2. The predicted octanol–water partition coefficient (Wildman–Crippen LogP) is 3.58. The number of fused-ring (bicyclic) bond motifs is 1. The average Bonchev–Trinajstić information content (AvgIpc) is 2.99. The summed E-state index contributed by atoms with van der Waals surface area (Å²) in [7, 11) is 2.56. The third-order valence-electron chi connectivity index (χ3n) is 3.69. The van der Waals surface area contributed by atoms with Crippen LogP contribution in [0.5, 0.6) is 5.75 Å². The normalized spacial score (nSPS) is 12.6. The molecule has 0 aliphatic carbocycles. The van der Waals surface area contributed by atoms with Crippen LogP contribution in [0, 0.1) is 0 Å². The first kappa shape index (κ1) is 19.9. The van der Waals surface area contributed by atoms with Crippen LogP contribution in [0.3, 0.4) is 0 Å². The van der Waals surface area contributed by atoms with Crippen molar-refractivity contribution in [2.24, 2.45) is 0 Å². The molecule has 2 unspecified atom stereocenters. The number of aromatic nitrogens is 4. The van der Waals surface area contributed by atoms with Crippen LogP contribution in [0.15, 0.2) is 40.5 Å². The summed E-state index contributed by atoms with van der Waals surface area (Å²) in [6, 6.07) is 7.89. The quantitative estimate of drug-likeness (QED) is 0.453. The second-order valence-corrected chi connectivity index (χ2v) is 7.74. The van der Waals surface area contributed by atoms with Crippen molar-refractivity contribution >= 4 is 38.1 Å². The maximum absolute atomic E-state index is 5.94. The molecule has 2 atom stereocenters. The van der Waals surface area contributed by atoms with E-state index in [1.54, 1.807) is 6.33 Å². The van der Waals surface area contributed by atoms with Crippen molar-refractivity contribution in [3.05, 3.63) is 30.6 Å². The number of imidazole rings is 1. The van der Waals surface area contributed by atoms with Crippen LogP contribution >= 0.6 is 21.0 Å². The first-order valence-electron chi connectivity index (χ1n) is 8.71. The van der Waals surface area contributed by atoms with Crippen molar-refractivity contribution in [2.75, 3.05) is 12.1 Å². The first-order chi connectivity index (χ1) is 13.0. The molecule has 0 saturated carbocycles. The number of nitrogen functional groups attached to an aromatic ring is 1. The highest BCUT2D eigenvalue weighted by Gasteiger charge is 2.15. The molecule has 0 bridgehead atoms. The minimum Gasteiger partial charge on any atom is -0.491 e. The Morgan fingerprint density at radius 1 is 1.19 bits per heavy atom. The largest absolute Gasteiger partial charge is 0.491 e. The van der Waals surface area contributed by atoms with Gasteiger partial charge in [0, 0.05) is 4.90 Å². The zero-order valence-electron chi connectivity index (χ0n) is 15.6. The predicted molar refractivity (Wildman–Crippen MR) is 111 cm³/mol. The lowest BCUT2D eigenvalue weighted by Gasteiger charge is -2.12. The van der Waals surface area contributed by atoms with Crippen LogP contribution in [0.25, 0.3) is 11.2 Å². The van der Waals surface area contributed by atoms with E-state index in [9.17, 15) is 0 Å². The van der Waals surface area contributed by atoms with Crippen molar-refractivity contribution in [3.8, 4) is 5.75 Å². The number of hydrogen-bond acceptors (Lipinski definition) is 7. The van der Waals surface area contributed by atoms with Crippen LogP contribution in [-0.4, -0.2) is 38.1 Å². The first-order valence-corrected chi connectivity index (χ1v) is 10.3. The third-order valence-corrected chi connectivity index (χ3v) is 4.87. The van der Waals surface area contributed by atoms with E-state index < -0.39 is 0 Å². The Bertz CT molecular complexity index is 901. The molecule has 144 valence electrons. The maximum Gasteiger partial charge on any atom is 0.223 e. The molecule has 0 spiro atoms. The van der Waals surface area contributed by atoms with E-state index in [2.05, 4.69) is 24.2 Å². The third kappa shape index (κ3) is 5.09. The van der Waals surface area contributed by atoms with Crippen LogP contribution in [0.4, 0.5) is 5.95 Å². The molecule has 0 amide bonds. The summed E-state index contributed by atoms with van der Waals surface area (Å²) in [4.78, 5) is 14.3. The van der Waals surface area contributed by atoms with E-state index in [0.717, 1.165) is 21.2 Å². The molecular formula is C18H24N5O2PS. The fourth-order valence-electron chi connectivity index (χ4n) is 2.60. The highest BCUT2D eigenvalue weighted by Crippen LogP contribution is 2.32. The molecule has 0 aliphatic rings. The van der Waals surface area contributed by atoms with Gasteiger partial charge < -0.3 is 19.8 Å². The van der Waals surface area contributed by atoms with Crippen LogP contribution < -0.4 is 10.5 Å². The average molecular weight is 405 g/mol. The molecule has 3 rings (SSSR count). The van der Waals surface area contributed by atoms with E-state index >= 15 is 0 Å². The van der Waals surface area contributed by atoms with E-state index in [0.29, 0.717) is 18.5 Å². The molecule has 0 fully saturated rings. The number of anilines is 1. The molecule has 0 saturated heterocycles. The van der Waals surface area contributed by atoms with Gasteiger partial charge >= 0.3 is 0 Å². The zero-order valence-corrected chi connectivity index (χ0v) is 17.6. The minimum atomic E-state index is 0.0423. The molecule has 0 aliphatic heterocycles. The van der Waals surface area contributed by atoms with Crippen molar-refractivity contribution in [1.29, 1.82) is 0 Å². The molecule has 27 heavy (non-hydrogen) atoms. The van der Waals surface area contributed by atoms with Crippen molar-refractivity contribution in [1.82, 2.24) is 19.5 Å². The van der Waals surface area contributed by atoms with Crippen molar-refractivity contribution in [3.63, 3.8) is 0 Å². The number of nitrogens with two attached hydrogens (primary N) is 1. The van der Waals surface area contributed by atoms with Gasteiger partial charge in [-0.1, -0.05) is 11.8 Å². The zero-order chi connectivity index (χ0) is 19.4. The van der Waals surface area contributed by atoms with Gasteiger partial charge in [0.25, 0.3) is 0 Å². The number of rotatable bonds is 8. The van der Waals surface area contributed by atoms with Gasteiger partial charge in [0.2, 0.25) is 5.95 Å². The molecule has 2 heterocycles. The summed E-state index contributed by atoms with van der Waals surface area (Å²) in [6.07, 6.45) is 2.53. The molecule has 2 N–H and O–H groups in total. The van der Waals surface area contributed by atoms with Gasteiger partial charge in [-0.05, 0) is 45.0 Å². The van der Waals surface area contributed by atoms with E-state index in [1.807, 2.05) is 49.6 Å². The Morgan fingerprint density at radius 3 is 2.59 bits per heavy atom. The highest BCUT2D eigenvalue weighted by atomic mass is 32.2. The van der Waals surface area contributed by atoms with Crippen LogP contribution in [0.2, 0.25) is 0 Å². The van der Waals surface area contributed by atoms with Crippen LogP contribution in [0.1, 0.15) is 20.8 Å². The van der Waals surface area contributed by atoms with Crippen molar-refractivity contribution < 1.29 is 9.47 Å². The van der Waals surface area contributed by atoms with E-state index in [4.69, 9.17) is 15.2 Å². The summed E-state index contributed by atoms with van der Waals surface area (Å²) < 4.78 is 13.2. The summed E-state index contributed by atoms with van der Waals surface area (Å²) >= 11 is 1.50. The number of nitrogens with zero attached hydrogens (tertiary/aromatic N) is 4. The van der Waals surface area contributed by atoms with Gasteiger partial charge in [-0.3, -0.25) is 0 Å². The van der Waals surface area contributed by atoms with Gasteiger partial charge in [-0.15, -0.1) is 9.24 Å². The SMILES string of the molecule is CC(C)Oc1ccc(Sc2nc(N)nc3c2ncn3CC(C)OCP)cc1. The fourth-order valence-corrected chi connectivity index (χ4v) is 3.81. The van der Waals surface area contributed by atoms with Gasteiger partial charge in [-0.2, -0.15) is 4.98 Å². The summed E-state index contributed by atoms with van der Waals surface area (Å²) in [5.41, 5.74) is 7.39. The molecule has 3 aromatic rings. The highest BCUT2D eigenvalue weighted by molar-refractivity contribution is 7.99. The lowest BCUT2D eigenvalue weighted by atomic mass is 10.3. The van der Waals surface area contributed by atoms with Gasteiger partial charge in [0.1, 0.15) is 16.3 Å². The monoisotopic (exact) mass is 405 g/mol. The summed E-state index contributed by atoms with van der Waals surface area (Å²) in [6.45, 7) is 6.67. The van der Waals surface area contributed by atoms with Gasteiger partial charge in [0.05, 0.1) is 31.4 Å². The Labute approximate surface area is 165 Å². The number of hydrogen-bond donors (Lipinski definition) is 1. The Kier molecular flexibility index (Phi) is 6.52. The maximum atomic E-state index is 5.94. The Balaban J connectivity index is 1.85. The lowest BCUT2D eigenvalue weighted by Crippen LogP contribution is -2.15. The molecule has 1 aromatic carbocycles. The van der Waals surface area contributed by atoms with Gasteiger partial charge in [-0.25, -0.2) is 9.97 Å². The lowest BCUT2D eigenvalue weighted by molar-refractivity contribution is 0.0912. The molecule has 2 aromatic heterocycles. The molecular weight excluding hydrogens is 381 g/mol. The second-order valence-electron chi connectivity index (χ2n) is 6.34. The van der Waals surface area contributed by atoms with E-state index in [-0.39, 0.29) is 18.2 Å². The Morgan fingerprint density at radius 2 is 1.93 bits per heavy atom. The smallest absolute Gasteiger partial charge is 0.223 e. The van der Waals surface area contributed by atoms with Crippen molar-refractivity contribution in [2.45, 2.75) is 49.4 Å². The fraction of sp³-hybridized carbons (Fsp3) is 0.389. The molecule has 0 radical (unpaired) electrons. The second kappa shape index (κ2) is 8.87. The van der Waals surface area contributed by atoms with E-state index in [1.165, 1.54) is 11.8 Å². The minimum absolute atomic E-state index is 0.0423. The molecule has 9 heteroatoms.